The number of aryl methyl sites for hydroxylation is 1. The molecule has 0 saturated heterocycles. The molecule has 0 spiro atoms. The van der Waals surface area contributed by atoms with Crippen molar-refractivity contribution in [2.45, 2.75) is 39.5 Å². The van der Waals surface area contributed by atoms with E-state index < -0.39 is 0 Å². The van der Waals surface area contributed by atoms with Gasteiger partial charge in [-0.3, -0.25) is 4.79 Å². The van der Waals surface area contributed by atoms with Crippen molar-refractivity contribution in [3.63, 3.8) is 0 Å². The van der Waals surface area contributed by atoms with E-state index in [1.54, 1.807) is 22.7 Å². The molecule has 2 aromatic heterocycles. The van der Waals surface area contributed by atoms with Gasteiger partial charge in [0.1, 0.15) is 0 Å². The SMILES string of the molecule is CC[C@H]1CCc2sc(C(=O)N/N=C(/C)c3ccc(Br)s3)cc2C1. The van der Waals surface area contributed by atoms with Gasteiger partial charge in [-0.2, -0.15) is 5.10 Å². The first kappa shape index (κ1) is 16.9. The van der Waals surface area contributed by atoms with Gasteiger partial charge in [-0.05, 0) is 71.8 Å². The lowest BCUT2D eigenvalue weighted by Gasteiger charge is -2.19. The fourth-order valence-corrected chi connectivity index (χ4v) is 5.24. The molecule has 122 valence electrons. The molecule has 2 aromatic rings. The summed E-state index contributed by atoms with van der Waals surface area (Å²) in [5, 5.41) is 4.23. The van der Waals surface area contributed by atoms with Gasteiger partial charge in [-0.25, -0.2) is 5.43 Å². The van der Waals surface area contributed by atoms with E-state index in [0.717, 1.165) is 38.0 Å². The van der Waals surface area contributed by atoms with Gasteiger partial charge >= 0.3 is 0 Å². The number of fused-ring (bicyclic) bond motifs is 1. The first-order valence-corrected chi connectivity index (χ1v) is 10.2. The van der Waals surface area contributed by atoms with Gasteiger partial charge in [0.2, 0.25) is 0 Å². The van der Waals surface area contributed by atoms with E-state index in [0.29, 0.717) is 0 Å². The molecule has 6 heteroatoms. The van der Waals surface area contributed by atoms with Crippen LogP contribution in [0, 0.1) is 5.92 Å². The third-order valence-electron chi connectivity index (χ3n) is 4.24. The van der Waals surface area contributed by atoms with Crippen LogP contribution in [-0.2, 0) is 12.8 Å². The summed E-state index contributed by atoms with van der Waals surface area (Å²) in [4.78, 5) is 15.5. The van der Waals surface area contributed by atoms with Crippen LogP contribution in [0.3, 0.4) is 0 Å². The predicted octanol–water partition coefficient (Wildman–Crippen LogP) is 5.24. The standard InChI is InChI=1S/C17H19BrN2OS2/c1-3-11-4-5-14-12(8-11)9-15(22-14)17(21)20-19-10(2)13-6-7-16(18)23-13/h6-7,9,11H,3-5,8H2,1-2H3,(H,20,21)/b19-10-/t11-/m0/s1. The molecule has 1 aliphatic rings. The van der Waals surface area contributed by atoms with Crippen molar-refractivity contribution in [1.29, 1.82) is 0 Å². The van der Waals surface area contributed by atoms with Crippen LogP contribution in [0.25, 0.3) is 0 Å². The number of nitrogens with zero attached hydrogens (tertiary/aromatic N) is 1. The Labute approximate surface area is 152 Å². The van der Waals surface area contributed by atoms with Crippen molar-refractivity contribution in [3.8, 4) is 0 Å². The van der Waals surface area contributed by atoms with Crippen LogP contribution in [-0.4, -0.2) is 11.6 Å². The largest absolute Gasteiger partial charge is 0.281 e. The Morgan fingerprint density at radius 3 is 2.91 bits per heavy atom. The van der Waals surface area contributed by atoms with E-state index in [1.807, 2.05) is 19.1 Å². The first-order valence-electron chi connectivity index (χ1n) is 7.78. The number of thiophene rings is 2. The Balaban J connectivity index is 1.68. The number of carbonyl (C=O) groups excluding carboxylic acids is 1. The summed E-state index contributed by atoms with van der Waals surface area (Å²) in [5.74, 6) is 0.665. The molecule has 0 aromatic carbocycles. The molecule has 0 fully saturated rings. The number of hydrogen-bond donors (Lipinski definition) is 1. The highest BCUT2D eigenvalue weighted by molar-refractivity contribution is 9.11. The van der Waals surface area contributed by atoms with E-state index in [9.17, 15) is 4.79 Å². The van der Waals surface area contributed by atoms with Crippen LogP contribution >= 0.6 is 38.6 Å². The normalized spacial score (nSPS) is 17.9. The van der Waals surface area contributed by atoms with Gasteiger partial charge in [0, 0.05) is 4.88 Å². The van der Waals surface area contributed by atoms with Crippen LogP contribution in [0.4, 0.5) is 0 Å². The van der Waals surface area contributed by atoms with Gasteiger partial charge in [-0.15, -0.1) is 22.7 Å². The number of hydrogen-bond acceptors (Lipinski definition) is 4. The average Bonchev–Trinajstić information content (AvgIpc) is 3.17. The van der Waals surface area contributed by atoms with Crippen molar-refractivity contribution in [1.82, 2.24) is 5.43 Å². The molecular formula is C17H19BrN2OS2. The Kier molecular flexibility index (Phi) is 5.34. The molecule has 0 radical (unpaired) electrons. The summed E-state index contributed by atoms with van der Waals surface area (Å²) >= 11 is 6.66. The van der Waals surface area contributed by atoms with Gasteiger partial charge in [0.05, 0.1) is 19.3 Å². The van der Waals surface area contributed by atoms with E-state index >= 15 is 0 Å². The first-order chi connectivity index (χ1) is 11.1. The molecule has 0 bridgehead atoms. The summed E-state index contributed by atoms with van der Waals surface area (Å²) in [5.41, 5.74) is 4.87. The van der Waals surface area contributed by atoms with E-state index in [-0.39, 0.29) is 5.91 Å². The summed E-state index contributed by atoms with van der Waals surface area (Å²) in [6.07, 6.45) is 4.69. The Morgan fingerprint density at radius 2 is 2.22 bits per heavy atom. The number of amides is 1. The highest BCUT2D eigenvalue weighted by Gasteiger charge is 2.22. The Morgan fingerprint density at radius 1 is 1.39 bits per heavy atom. The quantitative estimate of drug-likeness (QED) is 0.543. The lowest BCUT2D eigenvalue weighted by Crippen LogP contribution is -2.18. The topological polar surface area (TPSA) is 41.5 Å². The zero-order valence-electron chi connectivity index (χ0n) is 13.2. The molecule has 0 saturated carbocycles. The fraction of sp³-hybridized carbons (Fsp3) is 0.412. The van der Waals surface area contributed by atoms with Gasteiger partial charge in [0.15, 0.2) is 0 Å². The Hall–Kier alpha value is -0.980. The molecule has 0 unspecified atom stereocenters. The van der Waals surface area contributed by atoms with E-state index in [4.69, 9.17) is 0 Å². The third kappa shape index (κ3) is 3.92. The second-order valence-electron chi connectivity index (χ2n) is 5.82. The monoisotopic (exact) mass is 410 g/mol. The molecule has 3 rings (SSSR count). The van der Waals surface area contributed by atoms with Crippen molar-refractivity contribution in [2.24, 2.45) is 11.0 Å². The second kappa shape index (κ2) is 7.28. The molecular weight excluding hydrogens is 392 g/mol. The van der Waals surface area contributed by atoms with Gasteiger partial charge < -0.3 is 0 Å². The minimum Gasteiger partial charge on any atom is -0.266 e. The molecule has 1 aliphatic carbocycles. The van der Waals surface area contributed by atoms with Crippen molar-refractivity contribution in [3.05, 3.63) is 42.2 Å². The summed E-state index contributed by atoms with van der Waals surface area (Å²) in [7, 11) is 0. The van der Waals surface area contributed by atoms with Crippen LogP contribution in [0.2, 0.25) is 0 Å². The van der Waals surface area contributed by atoms with Gasteiger partial charge in [-0.1, -0.05) is 13.3 Å². The molecule has 1 amide bonds. The number of rotatable bonds is 4. The smallest absolute Gasteiger partial charge is 0.266 e. The number of hydrazone groups is 1. The zero-order chi connectivity index (χ0) is 16.4. The lowest BCUT2D eigenvalue weighted by molar-refractivity contribution is 0.0959. The minimum absolute atomic E-state index is 0.104. The summed E-state index contributed by atoms with van der Waals surface area (Å²) < 4.78 is 1.06. The van der Waals surface area contributed by atoms with Gasteiger partial charge in [0.25, 0.3) is 5.91 Å². The average molecular weight is 411 g/mol. The number of carbonyl (C=O) groups is 1. The minimum atomic E-state index is -0.104. The highest BCUT2D eigenvalue weighted by atomic mass is 79.9. The highest BCUT2D eigenvalue weighted by Crippen LogP contribution is 2.33. The van der Waals surface area contributed by atoms with Crippen LogP contribution in [0.15, 0.2) is 27.1 Å². The van der Waals surface area contributed by atoms with Crippen LogP contribution < -0.4 is 5.43 Å². The third-order valence-corrected chi connectivity index (χ3v) is 7.21. The van der Waals surface area contributed by atoms with E-state index in [1.165, 1.54) is 23.3 Å². The maximum absolute atomic E-state index is 12.3. The summed E-state index contributed by atoms with van der Waals surface area (Å²) in [6, 6.07) is 6.04. The number of nitrogens with one attached hydrogen (secondary N) is 1. The fourth-order valence-electron chi connectivity index (χ4n) is 2.81. The van der Waals surface area contributed by atoms with Crippen molar-refractivity contribution >= 4 is 50.2 Å². The van der Waals surface area contributed by atoms with E-state index in [2.05, 4.69) is 39.4 Å². The Bertz CT molecular complexity index is 748. The molecule has 23 heavy (non-hydrogen) atoms. The molecule has 0 aliphatic heterocycles. The summed E-state index contributed by atoms with van der Waals surface area (Å²) in [6.45, 7) is 4.15. The number of halogens is 1. The maximum atomic E-state index is 12.3. The maximum Gasteiger partial charge on any atom is 0.281 e. The second-order valence-corrected chi connectivity index (χ2v) is 9.42. The molecule has 1 atom stereocenters. The molecule has 3 nitrogen and oxygen atoms in total. The van der Waals surface area contributed by atoms with Crippen molar-refractivity contribution in [2.75, 3.05) is 0 Å². The predicted molar refractivity (Wildman–Crippen MR) is 102 cm³/mol. The lowest BCUT2D eigenvalue weighted by atomic mass is 9.87. The zero-order valence-corrected chi connectivity index (χ0v) is 16.4. The molecule has 1 N–H and O–H groups in total. The molecule has 2 heterocycles. The van der Waals surface area contributed by atoms with Crippen LogP contribution in [0.5, 0.6) is 0 Å². The van der Waals surface area contributed by atoms with Crippen LogP contribution in [0.1, 0.15) is 51.7 Å². The van der Waals surface area contributed by atoms with Crippen molar-refractivity contribution < 1.29 is 4.79 Å².